The molecule has 0 aliphatic heterocycles. The Morgan fingerprint density at radius 2 is 1.83 bits per heavy atom. The van der Waals surface area contributed by atoms with Gasteiger partial charge >= 0.3 is 0 Å². The van der Waals surface area contributed by atoms with Crippen LogP contribution in [0, 0.1) is 0 Å². The summed E-state index contributed by atoms with van der Waals surface area (Å²) in [5, 5.41) is 0. The van der Waals surface area contributed by atoms with Gasteiger partial charge in [-0.3, -0.25) is 0 Å². The predicted molar refractivity (Wildman–Crippen MR) is 76.8 cm³/mol. The molecule has 1 saturated carbocycles. The summed E-state index contributed by atoms with van der Waals surface area (Å²) in [7, 11) is 0. The highest BCUT2D eigenvalue weighted by Crippen LogP contribution is 2.34. The van der Waals surface area contributed by atoms with Gasteiger partial charge in [0.15, 0.2) is 0 Å². The van der Waals surface area contributed by atoms with Gasteiger partial charge in [0.25, 0.3) is 0 Å². The molecule has 1 aromatic rings. The fourth-order valence-electron chi connectivity index (χ4n) is 3.13. The molecule has 0 amide bonds. The summed E-state index contributed by atoms with van der Waals surface area (Å²) in [6.07, 6.45) is 10.1. The van der Waals surface area contributed by atoms with Crippen molar-refractivity contribution in [2.75, 3.05) is 5.73 Å². The quantitative estimate of drug-likeness (QED) is 0.823. The van der Waals surface area contributed by atoms with Crippen LogP contribution in [0.3, 0.4) is 0 Å². The number of aryl methyl sites for hydroxylation is 1. The lowest BCUT2D eigenvalue weighted by molar-refractivity contribution is 0.580. The van der Waals surface area contributed by atoms with Crippen molar-refractivity contribution >= 4 is 5.82 Å². The second kappa shape index (κ2) is 6.26. The van der Waals surface area contributed by atoms with Crippen LogP contribution in [-0.2, 0) is 13.0 Å². The topological polar surface area (TPSA) is 43.8 Å². The molecule has 0 bridgehead atoms. The van der Waals surface area contributed by atoms with Gasteiger partial charge in [0.05, 0.1) is 5.69 Å². The normalized spacial score (nSPS) is 17.9. The number of nitrogen functional groups attached to an aromatic ring is 1. The Hall–Kier alpha value is -0.990. The van der Waals surface area contributed by atoms with Crippen molar-refractivity contribution < 1.29 is 0 Å². The molecule has 102 valence electrons. The van der Waals surface area contributed by atoms with Gasteiger partial charge in [-0.05, 0) is 19.3 Å². The van der Waals surface area contributed by atoms with E-state index < -0.39 is 0 Å². The first-order valence-electron chi connectivity index (χ1n) is 7.62. The predicted octanol–water partition coefficient (Wildman–Crippen LogP) is 3.88. The minimum atomic E-state index is 0.607. The molecule has 0 aromatic carbocycles. The van der Waals surface area contributed by atoms with Crippen molar-refractivity contribution in [1.29, 1.82) is 0 Å². The Bertz CT molecular complexity index is 373. The first-order valence-corrected chi connectivity index (χ1v) is 7.62. The van der Waals surface area contributed by atoms with Crippen molar-refractivity contribution in [2.24, 2.45) is 0 Å². The van der Waals surface area contributed by atoms with Crippen LogP contribution in [0.25, 0.3) is 0 Å². The van der Waals surface area contributed by atoms with E-state index in [0.717, 1.165) is 25.2 Å². The van der Waals surface area contributed by atoms with Gasteiger partial charge in [0.2, 0.25) is 0 Å². The average Bonchev–Trinajstić information content (AvgIpc) is 2.60. The lowest BCUT2D eigenvalue weighted by Crippen LogP contribution is -2.07. The number of anilines is 1. The van der Waals surface area contributed by atoms with E-state index in [9.17, 15) is 0 Å². The third kappa shape index (κ3) is 2.70. The molecule has 1 aliphatic rings. The number of hydrogen-bond acceptors (Lipinski definition) is 2. The van der Waals surface area contributed by atoms with Crippen LogP contribution >= 0.6 is 0 Å². The van der Waals surface area contributed by atoms with E-state index in [4.69, 9.17) is 10.7 Å². The number of nitrogens with zero attached hydrogens (tertiary/aromatic N) is 2. The van der Waals surface area contributed by atoms with Gasteiger partial charge in [-0.25, -0.2) is 4.98 Å². The first kappa shape index (κ1) is 13.4. The second-order valence-electron chi connectivity index (χ2n) is 5.49. The van der Waals surface area contributed by atoms with Crippen molar-refractivity contribution in [1.82, 2.24) is 9.55 Å². The molecule has 1 aromatic heterocycles. The Kier molecular flexibility index (Phi) is 4.67. The summed E-state index contributed by atoms with van der Waals surface area (Å²) in [6, 6.07) is 0. The van der Waals surface area contributed by atoms with E-state index in [0.29, 0.717) is 5.92 Å². The Labute approximate surface area is 111 Å². The number of rotatable bonds is 4. The third-order valence-electron chi connectivity index (χ3n) is 4.12. The highest BCUT2D eigenvalue weighted by atomic mass is 15.1. The smallest absolute Gasteiger partial charge is 0.127 e. The van der Waals surface area contributed by atoms with Gasteiger partial charge in [-0.15, -0.1) is 0 Å². The summed E-state index contributed by atoms with van der Waals surface area (Å²) in [5.41, 5.74) is 7.54. The molecule has 0 saturated heterocycles. The SMILES string of the molecule is CCCn1c(CC)nc(C2CCCCCC2)c1N. The highest BCUT2D eigenvalue weighted by Gasteiger charge is 2.22. The summed E-state index contributed by atoms with van der Waals surface area (Å²) >= 11 is 0. The summed E-state index contributed by atoms with van der Waals surface area (Å²) < 4.78 is 2.24. The number of aromatic nitrogens is 2. The van der Waals surface area contributed by atoms with Crippen molar-refractivity contribution in [2.45, 2.75) is 77.7 Å². The van der Waals surface area contributed by atoms with E-state index in [1.54, 1.807) is 0 Å². The van der Waals surface area contributed by atoms with Crippen molar-refractivity contribution in [3.63, 3.8) is 0 Å². The molecule has 2 N–H and O–H groups in total. The molecule has 0 unspecified atom stereocenters. The molecule has 1 heterocycles. The van der Waals surface area contributed by atoms with Crippen LogP contribution < -0.4 is 5.73 Å². The number of hydrogen-bond donors (Lipinski definition) is 1. The maximum Gasteiger partial charge on any atom is 0.127 e. The van der Waals surface area contributed by atoms with Gasteiger partial charge in [0, 0.05) is 18.9 Å². The van der Waals surface area contributed by atoms with Crippen molar-refractivity contribution in [3.05, 3.63) is 11.5 Å². The first-order chi connectivity index (χ1) is 8.77. The second-order valence-corrected chi connectivity index (χ2v) is 5.49. The maximum atomic E-state index is 6.35. The van der Waals surface area contributed by atoms with E-state index in [-0.39, 0.29) is 0 Å². The molecular formula is C15H27N3. The van der Waals surface area contributed by atoms with Gasteiger partial charge < -0.3 is 10.3 Å². The summed E-state index contributed by atoms with van der Waals surface area (Å²) in [5.74, 6) is 2.73. The van der Waals surface area contributed by atoms with Gasteiger partial charge in [-0.1, -0.05) is 39.5 Å². The van der Waals surface area contributed by atoms with E-state index in [1.165, 1.54) is 50.0 Å². The zero-order valence-electron chi connectivity index (χ0n) is 11.9. The summed E-state index contributed by atoms with van der Waals surface area (Å²) in [6.45, 7) is 5.38. The molecule has 0 atom stereocenters. The van der Waals surface area contributed by atoms with E-state index in [2.05, 4.69) is 18.4 Å². The largest absolute Gasteiger partial charge is 0.384 e. The molecule has 0 spiro atoms. The minimum Gasteiger partial charge on any atom is -0.384 e. The van der Waals surface area contributed by atoms with Crippen LogP contribution in [0.5, 0.6) is 0 Å². The lowest BCUT2D eigenvalue weighted by Gasteiger charge is -2.12. The maximum absolute atomic E-state index is 6.35. The lowest BCUT2D eigenvalue weighted by atomic mass is 9.96. The molecule has 0 radical (unpaired) electrons. The highest BCUT2D eigenvalue weighted by molar-refractivity contribution is 5.41. The Morgan fingerprint density at radius 3 is 2.39 bits per heavy atom. The molecule has 1 fully saturated rings. The number of imidazole rings is 1. The van der Waals surface area contributed by atoms with Crippen LogP contribution in [0.4, 0.5) is 5.82 Å². The molecular weight excluding hydrogens is 222 g/mol. The average molecular weight is 249 g/mol. The zero-order chi connectivity index (χ0) is 13.0. The monoisotopic (exact) mass is 249 g/mol. The van der Waals surface area contributed by atoms with Gasteiger partial charge in [0.1, 0.15) is 11.6 Å². The molecule has 2 rings (SSSR count). The number of nitrogens with two attached hydrogens (primary N) is 1. The van der Waals surface area contributed by atoms with Crippen LogP contribution in [0.1, 0.15) is 76.2 Å². The third-order valence-corrected chi connectivity index (χ3v) is 4.12. The summed E-state index contributed by atoms with van der Waals surface area (Å²) in [4.78, 5) is 4.85. The zero-order valence-corrected chi connectivity index (χ0v) is 11.9. The van der Waals surface area contributed by atoms with E-state index in [1.807, 2.05) is 0 Å². The van der Waals surface area contributed by atoms with E-state index >= 15 is 0 Å². The minimum absolute atomic E-state index is 0.607. The fraction of sp³-hybridized carbons (Fsp3) is 0.800. The van der Waals surface area contributed by atoms with Crippen LogP contribution in [0.15, 0.2) is 0 Å². The molecule has 3 nitrogen and oxygen atoms in total. The fourth-order valence-corrected chi connectivity index (χ4v) is 3.13. The van der Waals surface area contributed by atoms with Crippen molar-refractivity contribution in [3.8, 4) is 0 Å². The van der Waals surface area contributed by atoms with Crippen LogP contribution in [-0.4, -0.2) is 9.55 Å². The Morgan fingerprint density at radius 1 is 1.17 bits per heavy atom. The standard InChI is InChI=1S/C15H27N3/c1-3-11-18-13(4-2)17-14(15(18)16)12-9-7-5-6-8-10-12/h12H,3-11,16H2,1-2H3. The molecule has 18 heavy (non-hydrogen) atoms. The molecule has 1 aliphatic carbocycles. The Balaban J connectivity index is 2.26. The van der Waals surface area contributed by atoms with Gasteiger partial charge in [-0.2, -0.15) is 0 Å². The molecule has 3 heteroatoms. The van der Waals surface area contributed by atoms with Crippen LogP contribution in [0.2, 0.25) is 0 Å².